The lowest BCUT2D eigenvalue weighted by atomic mass is 9.90. The molecule has 2 aromatic rings. The highest BCUT2D eigenvalue weighted by Gasteiger charge is 2.13. The minimum Gasteiger partial charge on any atom is -0.267 e. The lowest BCUT2D eigenvalue weighted by molar-refractivity contribution is 0.0945. The molecule has 1 aromatic heterocycles. The second-order valence-corrected chi connectivity index (χ2v) is 4.45. The molecule has 0 aliphatic heterocycles. The fraction of sp³-hybridized carbons (Fsp3) is 0.286. The lowest BCUT2D eigenvalue weighted by Crippen LogP contribution is -2.13. The predicted molar refractivity (Wildman–Crippen MR) is 65.0 cm³/mol. The van der Waals surface area contributed by atoms with Crippen LogP contribution in [0.4, 0.5) is 0 Å². The number of hydrogen-bond acceptors (Lipinski definition) is 2. The van der Waals surface area contributed by atoms with Gasteiger partial charge in [-0.15, -0.1) is 0 Å². The first-order valence-electron chi connectivity index (χ1n) is 6.01. The summed E-state index contributed by atoms with van der Waals surface area (Å²) in [5, 5.41) is 3.97. The third-order valence-electron chi connectivity index (χ3n) is 3.31. The largest absolute Gasteiger partial charge is 0.278 e. The molecule has 3 nitrogen and oxygen atoms in total. The van der Waals surface area contributed by atoms with Crippen LogP contribution < -0.4 is 0 Å². The van der Waals surface area contributed by atoms with Crippen molar-refractivity contribution in [3.63, 3.8) is 0 Å². The maximum absolute atomic E-state index is 12.1. The summed E-state index contributed by atoms with van der Waals surface area (Å²) in [6, 6.07) is 7.79. The molecule has 0 N–H and O–H groups in total. The number of aryl methyl sites for hydroxylation is 2. The molecule has 0 amide bonds. The lowest BCUT2D eigenvalue weighted by Gasteiger charge is -2.16. The molecule has 0 bridgehead atoms. The summed E-state index contributed by atoms with van der Waals surface area (Å²) in [6.07, 6.45) is 8.03. The van der Waals surface area contributed by atoms with Gasteiger partial charge in [0.2, 0.25) is 0 Å². The fourth-order valence-corrected chi connectivity index (χ4v) is 2.39. The van der Waals surface area contributed by atoms with E-state index in [9.17, 15) is 4.79 Å². The van der Waals surface area contributed by atoms with Crippen molar-refractivity contribution in [2.24, 2.45) is 0 Å². The van der Waals surface area contributed by atoms with Gasteiger partial charge in [0.15, 0.2) is 0 Å². The van der Waals surface area contributed by atoms with E-state index < -0.39 is 0 Å². The van der Waals surface area contributed by atoms with Crippen molar-refractivity contribution in [3.8, 4) is 0 Å². The monoisotopic (exact) mass is 226 g/mol. The van der Waals surface area contributed by atoms with Crippen molar-refractivity contribution in [1.29, 1.82) is 0 Å². The number of fused-ring (bicyclic) bond motifs is 1. The molecule has 1 aliphatic rings. The van der Waals surface area contributed by atoms with Crippen LogP contribution in [0.25, 0.3) is 0 Å². The van der Waals surface area contributed by atoms with Gasteiger partial charge in [0.05, 0.1) is 0 Å². The van der Waals surface area contributed by atoms with Crippen molar-refractivity contribution in [1.82, 2.24) is 9.78 Å². The molecule has 0 unspecified atom stereocenters. The van der Waals surface area contributed by atoms with E-state index in [1.165, 1.54) is 28.7 Å². The van der Waals surface area contributed by atoms with Crippen molar-refractivity contribution in [3.05, 3.63) is 53.3 Å². The van der Waals surface area contributed by atoms with E-state index in [0.29, 0.717) is 0 Å². The molecule has 0 fully saturated rings. The first kappa shape index (κ1) is 10.3. The molecular formula is C14H14N2O. The zero-order valence-corrected chi connectivity index (χ0v) is 9.60. The standard InChI is InChI=1S/C14H14N2O/c17-14(16-9-3-8-15-16)13-7-6-11-4-1-2-5-12(11)10-13/h3,6-10H,1-2,4-5H2. The Labute approximate surface area is 100 Å². The van der Waals surface area contributed by atoms with Crippen LogP contribution in [0.3, 0.4) is 0 Å². The Hall–Kier alpha value is -1.90. The van der Waals surface area contributed by atoms with Crippen LogP contribution >= 0.6 is 0 Å². The van der Waals surface area contributed by atoms with Crippen molar-refractivity contribution in [2.75, 3.05) is 0 Å². The first-order chi connectivity index (χ1) is 8.34. The molecule has 0 saturated carbocycles. The molecule has 0 saturated heterocycles. The molecule has 0 atom stereocenters. The maximum Gasteiger partial charge on any atom is 0.278 e. The van der Waals surface area contributed by atoms with Gasteiger partial charge in [0.25, 0.3) is 5.91 Å². The number of hydrogen-bond donors (Lipinski definition) is 0. The van der Waals surface area contributed by atoms with E-state index in [0.717, 1.165) is 18.4 Å². The highest BCUT2D eigenvalue weighted by Crippen LogP contribution is 2.22. The Balaban J connectivity index is 1.96. The number of carbonyl (C=O) groups is 1. The highest BCUT2D eigenvalue weighted by atomic mass is 16.2. The van der Waals surface area contributed by atoms with Crippen LogP contribution in [-0.2, 0) is 12.8 Å². The van der Waals surface area contributed by atoms with Gasteiger partial charge < -0.3 is 0 Å². The molecule has 86 valence electrons. The van der Waals surface area contributed by atoms with Gasteiger partial charge in [-0.2, -0.15) is 5.10 Å². The van der Waals surface area contributed by atoms with Gasteiger partial charge >= 0.3 is 0 Å². The molecule has 3 rings (SSSR count). The van der Waals surface area contributed by atoms with Crippen molar-refractivity contribution >= 4 is 5.91 Å². The Morgan fingerprint density at radius 3 is 2.76 bits per heavy atom. The Kier molecular flexibility index (Phi) is 2.52. The number of benzene rings is 1. The van der Waals surface area contributed by atoms with Gasteiger partial charge in [0, 0.05) is 18.0 Å². The number of rotatable bonds is 1. The van der Waals surface area contributed by atoms with E-state index in [1.54, 1.807) is 18.5 Å². The summed E-state index contributed by atoms with van der Waals surface area (Å²) in [6.45, 7) is 0. The summed E-state index contributed by atoms with van der Waals surface area (Å²) < 4.78 is 1.38. The van der Waals surface area contributed by atoms with E-state index in [4.69, 9.17) is 0 Å². The predicted octanol–water partition coefficient (Wildman–Crippen LogP) is 2.45. The number of carbonyl (C=O) groups excluding carboxylic acids is 1. The van der Waals surface area contributed by atoms with Crippen LogP contribution in [-0.4, -0.2) is 15.7 Å². The zero-order chi connectivity index (χ0) is 11.7. The minimum absolute atomic E-state index is 0.0524. The van der Waals surface area contributed by atoms with Crippen LogP contribution in [0.2, 0.25) is 0 Å². The van der Waals surface area contributed by atoms with Gasteiger partial charge in [-0.25, -0.2) is 4.68 Å². The molecule has 0 radical (unpaired) electrons. The molecule has 0 spiro atoms. The van der Waals surface area contributed by atoms with Gasteiger partial charge in [0.1, 0.15) is 0 Å². The molecule has 17 heavy (non-hydrogen) atoms. The highest BCUT2D eigenvalue weighted by molar-refractivity contribution is 5.95. The molecule has 3 heteroatoms. The van der Waals surface area contributed by atoms with Crippen LogP contribution in [0, 0.1) is 0 Å². The van der Waals surface area contributed by atoms with E-state index >= 15 is 0 Å². The van der Waals surface area contributed by atoms with Gasteiger partial charge in [-0.3, -0.25) is 4.79 Å². The zero-order valence-electron chi connectivity index (χ0n) is 9.60. The third-order valence-corrected chi connectivity index (χ3v) is 3.31. The Morgan fingerprint density at radius 1 is 1.18 bits per heavy atom. The molecule has 1 heterocycles. The summed E-state index contributed by atoms with van der Waals surface area (Å²) in [5.74, 6) is -0.0524. The van der Waals surface area contributed by atoms with Crippen LogP contribution in [0.1, 0.15) is 34.3 Å². The minimum atomic E-state index is -0.0524. The topological polar surface area (TPSA) is 34.9 Å². The Bertz CT molecular complexity index is 543. The molecule has 1 aromatic carbocycles. The fourth-order valence-electron chi connectivity index (χ4n) is 2.39. The SMILES string of the molecule is O=C(c1ccc2c(c1)CCCC2)n1cccn1. The first-order valence-corrected chi connectivity index (χ1v) is 6.01. The number of aromatic nitrogens is 2. The quantitative estimate of drug-likeness (QED) is 0.748. The summed E-state index contributed by atoms with van der Waals surface area (Å²) in [4.78, 5) is 12.1. The van der Waals surface area contributed by atoms with E-state index in [2.05, 4.69) is 11.2 Å². The van der Waals surface area contributed by atoms with Gasteiger partial charge in [-0.1, -0.05) is 6.07 Å². The maximum atomic E-state index is 12.1. The Morgan fingerprint density at radius 2 is 2.00 bits per heavy atom. The normalized spacial score (nSPS) is 14.4. The van der Waals surface area contributed by atoms with Crippen LogP contribution in [0.5, 0.6) is 0 Å². The average molecular weight is 226 g/mol. The molecular weight excluding hydrogens is 212 g/mol. The van der Waals surface area contributed by atoms with Crippen molar-refractivity contribution < 1.29 is 4.79 Å². The summed E-state index contributed by atoms with van der Waals surface area (Å²) >= 11 is 0. The van der Waals surface area contributed by atoms with E-state index in [-0.39, 0.29) is 5.91 Å². The summed E-state index contributed by atoms with van der Waals surface area (Å²) in [7, 11) is 0. The summed E-state index contributed by atoms with van der Waals surface area (Å²) in [5.41, 5.74) is 3.46. The average Bonchev–Trinajstić information content (AvgIpc) is 2.91. The smallest absolute Gasteiger partial charge is 0.267 e. The van der Waals surface area contributed by atoms with Crippen molar-refractivity contribution in [2.45, 2.75) is 25.7 Å². The third kappa shape index (κ3) is 1.88. The van der Waals surface area contributed by atoms with E-state index in [1.807, 2.05) is 12.1 Å². The molecule has 1 aliphatic carbocycles. The van der Waals surface area contributed by atoms with Gasteiger partial charge in [-0.05, 0) is 55.0 Å². The second-order valence-electron chi connectivity index (χ2n) is 4.45. The van der Waals surface area contributed by atoms with Crippen LogP contribution in [0.15, 0.2) is 36.7 Å². The number of nitrogens with zero attached hydrogens (tertiary/aromatic N) is 2. The second kappa shape index (κ2) is 4.17.